The first-order valence-electron chi connectivity index (χ1n) is 23.7. The molecule has 1 saturated heterocycles. The summed E-state index contributed by atoms with van der Waals surface area (Å²) in [4.78, 5) is 27.9. The highest BCUT2D eigenvalue weighted by Gasteiger charge is 2.71. The highest BCUT2D eigenvalue weighted by Crippen LogP contribution is 2.76. The second-order valence-electron chi connectivity index (χ2n) is 23.0. The number of piperazine rings is 1. The molecular weight excluding hydrogens is 771 g/mol. The fraction of sp³-hybridized carbons (Fsp3) is 0.800. The van der Waals surface area contributed by atoms with Gasteiger partial charge < -0.3 is 15.2 Å². The predicted molar refractivity (Wildman–Crippen MR) is 237 cm³/mol. The van der Waals surface area contributed by atoms with Crippen LogP contribution in [0.25, 0.3) is 0 Å². The van der Waals surface area contributed by atoms with E-state index < -0.39 is 27.3 Å². The topological polar surface area (TPSA) is 116 Å². The van der Waals surface area contributed by atoms with Gasteiger partial charge in [-0.25, -0.2) is 8.42 Å². The maximum absolute atomic E-state index is 13.7. The second kappa shape index (κ2) is 15.5. The monoisotopic (exact) mass is 848 g/mol. The highest BCUT2D eigenvalue weighted by molar-refractivity contribution is 7.88. The standard InChI is InChI=1S/C50H77N3O6S/c1-33(2)35-17-22-50(51-25-26-52-27-29-53(30-28-52)60(57,58)32-34-13-11-10-12-14-34)24-23-48(8)36(42(35)50)15-16-40-47(7)20-19-41(46(5,6)39(47)18-21-49(40,48)9)59-44(56)38-31-37(43(54)55)45(38,3)4/h10-14,35-42,51H,1,15-32H2,2-9H3,(H,54,55)/t35-,36+,37-,38+,39-,40+,41-,42+,47-,48+,49+,50-/m0/s1. The van der Waals surface area contributed by atoms with Crippen LogP contribution in [0.4, 0.5) is 0 Å². The van der Waals surface area contributed by atoms with Gasteiger partial charge in [-0.2, -0.15) is 4.31 Å². The molecule has 0 radical (unpaired) electrons. The van der Waals surface area contributed by atoms with E-state index in [-0.39, 0.29) is 50.9 Å². The normalized spacial score (nSPS) is 42.4. The maximum atomic E-state index is 13.7. The first-order valence-corrected chi connectivity index (χ1v) is 25.3. The minimum atomic E-state index is -3.34. The van der Waals surface area contributed by atoms with Crippen molar-refractivity contribution in [2.75, 3.05) is 39.3 Å². The van der Waals surface area contributed by atoms with Crippen LogP contribution in [0.2, 0.25) is 0 Å². The minimum Gasteiger partial charge on any atom is -0.481 e. The van der Waals surface area contributed by atoms with Crippen LogP contribution in [-0.2, 0) is 30.1 Å². The number of carboxylic acid groups (broad SMARTS) is 1. The number of allylic oxidation sites excluding steroid dienone is 1. The quantitative estimate of drug-likeness (QED) is 0.168. The van der Waals surface area contributed by atoms with E-state index in [0.29, 0.717) is 49.1 Å². The van der Waals surface area contributed by atoms with Gasteiger partial charge in [-0.3, -0.25) is 14.5 Å². The van der Waals surface area contributed by atoms with Gasteiger partial charge >= 0.3 is 11.9 Å². The number of carboxylic acids is 1. The number of carbonyl (C=O) groups excluding carboxylic acids is 1. The molecule has 0 unspecified atom stereocenters. The van der Waals surface area contributed by atoms with Gasteiger partial charge in [-0.1, -0.05) is 91.0 Å². The Hall–Kier alpha value is -2.27. The van der Waals surface area contributed by atoms with Crippen LogP contribution in [0, 0.1) is 68.5 Å². The summed E-state index contributed by atoms with van der Waals surface area (Å²) in [5.41, 5.74) is 2.17. The lowest BCUT2D eigenvalue weighted by Gasteiger charge is -2.73. The summed E-state index contributed by atoms with van der Waals surface area (Å²) < 4.78 is 34.6. The lowest BCUT2D eigenvalue weighted by molar-refractivity contribution is -0.248. The molecule has 7 aliphatic rings. The first-order chi connectivity index (χ1) is 28.1. The third-order valence-corrected chi connectivity index (χ3v) is 21.8. The van der Waals surface area contributed by atoms with Gasteiger partial charge in [0.2, 0.25) is 10.0 Å². The Morgan fingerprint density at radius 1 is 0.817 bits per heavy atom. The number of hydrogen-bond donors (Lipinski definition) is 2. The van der Waals surface area contributed by atoms with Gasteiger partial charge in [-0.15, -0.1) is 0 Å². The van der Waals surface area contributed by atoms with E-state index in [1.807, 2.05) is 44.2 Å². The molecule has 8 rings (SSSR count). The van der Waals surface area contributed by atoms with E-state index in [1.165, 1.54) is 50.5 Å². The first kappa shape index (κ1) is 44.3. The summed E-state index contributed by atoms with van der Waals surface area (Å²) in [7, 11) is -3.34. The van der Waals surface area contributed by atoms with Crippen LogP contribution < -0.4 is 5.32 Å². The lowest BCUT2D eigenvalue weighted by atomic mass is 9.32. The molecule has 60 heavy (non-hydrogen) atoms. The number of esters is 1. The molecular formula is C50H77N3O6S. The molecule has 6 aliphatic carbocycles. The number of carbonyl (C=O) groups is 2. The SMILES string of the molecule is C=C(C)[C@@H]1CC[C@]2(NCCN3CCN(S(=O)(=O)Cc4ccccc4)CC3)CC[C@]3(C)[C@H](CC[C@@H]4[C@@]5(C)CC[C@H](OC(=O)[C@H]6C[C@@H](C(=O)O)C6(C)C)C(C)(C)[C@@H]5CC[C@]43C)[C@@H]12. The van der Waals surface area contributed by atoms with Crippen molar-refractivity contribution in [3.8, 4) is 0 Å². The molecule has 12 atom stereocenters. The zero-order chi connectivity index (χ0) is 43.3. The summed E-state index contributed by atoms with van der Waals surface area (Å²) in [6.07, 6.45) is 11.9. The number of sulfonamides is 1. The van der Waals surface area contributed by atoms with Crippen LogP contribution in [0.5, 0.6) is 0 Å². The van der Waals surface area contributed by atoms with E-state index >= 15 is 0 Å². The number of nitrogens with zero attached hydrogens (tertiary/aromatic N) is 2. The van der Waals surface area contributed by atoms with Gasteiger partial charge in [0, 0.05) is 50.2 Å². The molecule has 9 nitrogen and oxygen atoms in total. The molecule has 0 aromatic heterocycles. The molecule has 0 amide bonds. The van der Waals surface area contributed by atoms with Crippen molar-refractivity contribution in [2.24, 2.45) is 68.5 Å². The Balaban J connectivity index is 0.931. The third-order valence-electron chi connectivity index (χ3n) is 19.9. The minimum absolute atomic E-state index is 0.0661. The van der Waals surface area contributed by atoms with Crippen molar-refractivity contribution >= 4 is 22.0 Å². The zero-order valence-corrected chi connectivity index (χ0v) is 39.0. The second-order valence-corrected chi connectivity index (χ2v) is 25.0. The molecule has 10 heteroatoms. The number of aliphatic carboxylic acids is 1. The van der Waals surface area contributed by atoms with Crippen molar-refractivity contribution in [1.82, 2.24) is 14.5 Å². The summed E-state index contributed by atoms with van der Waals surface area (Å²) in [5, 5.41) is 14.0. The summed E-state index contributed by atoms with van der Waals surface area (Å²) >= 11 is 0. The third kappa shape index (κ3) is 6.97. The molecule has 1 aromatic carbocycles. The fourth-order valence-corrected chi connectivity index (χ4v) is 17.7. The number of benzene rings is 1. The Labute approximate surface area is 362 Å². The molecule has 7 fully saturated rings. The van der Waals surface area contributed by atoms with E-state index in [0.717, 1.165) is 51.0 Å². The zero-order valence-electron chi connectivity index (χ0n) is 38.2. The van der Waals surface area contributed by atoms with Gasteiger partial charge in [0.15, 0.2) is 0 Å². The van der Waals surface area contributed by atoms with Gasteiger partial charge in [0.25, 0.3) is 0 Å². The number of ether oxygens (including phenoxy) is 1. The van der Waals surface area contributed by atoms with Crippen molar-refractivity contribution in [3.63, 3.8) is 0 Å². The number of hydrogen-bond acceptors (Lipinski definition) is 7. The van der Waals surface area contributed by atoms with Crippen molar-refractivity contribution < 1.29 is 27.9 Å². The van der Waals surface area contributed by atoms with Crippen molar-refractivity contribution in [3.05, 3.63) is 48.0 Å². The molecule has 1 aromatic rings. The van der Waals surface area contributed by atoms with E-state index in [4.69, 9.17) is 4.74 Å². The molecule has 1 heterocycles. The van der Waals surface area contributed by atoms with Crippen LogP contribution in [0.15, 0.2) is 42.5 Å². The van der Waals surface area contributed by atoms with Gasteiger partial charge in [0.1, 0.15) is 6.10 Å². The Morgan fingerprint density at radius 2 is 1.52 bits per heavy atom. The molecule has 6 saturated carbocycles. The summed E-state index contributed by atoms with van der Waals surface area (Å²) in [6, 6.07) is 9.52. The average Bonchev–Trinajstić information content (AvgIpc) is 3.56. The van der Waals surface area contributed by atoms with Gasteiger partial charge in [0.05, 0.1) is 17.6 Å². The van der Waals surface area contributed by atoms with Crippen molar-refractivity contribution in [1.29, 1.82) is 0 Å². The Morgan fingerprint density at radius 3 is 2.17 bits per heavy atom. The summed E-state index contributed by atoms with van der Waals surface area (Å²) in [6.45, 7) is 27.9. The van der Waals surface area contributed by atoms with Crippen LogP contribution in [-0.4, -0.2) is 85.6 Å². The Kier molecular flexibility index (Phi) is 11.4. The van der Waals surface area contributed by atoms with E-state index in [2.05, 4.69) is 58.3 Å². The number of nitrogens with one attached hydrogen (secondary N) is 1. The largest absolute Gasteiger partial charge is 0.481 e. The number of rotatable bonds is 11. The van der Waals surface area contributed by atoms with Crippen molar-refractivity contribution in [2.45, 2.75) is 143 Å². The number of fused-ring (bicyclic) bond motifs is 7. The maximum Gasteiger partial charge on any atom is 0.309 e. The van der Waals surface area contributed by atoms with Crippen LogP contribution in [0.1, 0.15) is 132 Å². The average molecular weight is 848 g/mol. The highest BCUT2D eigenvalue weighted by atomic mass is 32.2. The van der Waals surface area contributed by atoms with E-state index in [9.17, 15) is 23.1 Å². The van der Waals surface area contributed by atoms with Gasteiger partial charge in [-0.05, 0) is 134 Å². The molecule has 2 N–H and O–H groups in total. The predicted octanol–water partition coefficient (Wildman–Crippen LogP) is 8.79. The molecule has 1 aliphatic heterocycles. The van der Waals surface area contributed by atoms with Crippen LogP contribution in [0.3, 0.4) is 0 Å². The molecule has 0 spiro atoms. The molecule has 0 bridgehead atoms. The lowest BCUT2D eigenvalue weighted by Crippen LogP contribution is -2.69. The van der Waals surface area contributed by atoms with Crippen LogP contribution >= 0.6 is 0 Å². The summed E-state index contributed by atoms with van der Waals surface area (Å²) in [5.74, 6) is 1.02. The fourth-order valence-electron chi connectivity index (χ4n) is 16.2. The smallest absolute Gasteiger partial charge is 0.309 e. The molecule has 334 valence electrons. The Bertz CT molecular complexity index is 1930. The van der Waals surface area contributed by atoms with E-state index in [1.54, 1.807) is 4.31 Å².